The molecule has 1 fully saturated rings. The van der Waals surface area contributed by atoms with Gasteiger partial charge in [0.1, 0.15) is 0 Å². The minimum absolute atomic E-state index is 0.125. The molecule has 4 heteroatoms. The first-order valence-corrected chi connectivity index (χ1v) is 5.41. The summed E-state index contributed by atoms with van der Waals surface area (Å²) >= 11 is 0. The second-order valence-corrected chi connectivity index (χ2v) is 3.95. The summed E-state index contributed by atoms with van der Waals surface area (Å²) in [7, 11) is 2.11. The van der Waals surface area contributed by atoms with Crippen LogP contribution in [0.25, 0.3) is 0 Å². The molecule has 14 heavy (non-hydrogen) atoms. The monoisotopic (exact) mass is 199 g/mol. The van der Waals surface area contributed by atoms with E-state index in [4.69, 9.17) is 5.73 Å². The van der Waals surface area contributed by atoms with Crippen molar-refractivity contribution in [3.05, 3.63) is 0 Å². The summed E-state index contributed by atoms with van der Waals surface area (Å²) in [5, 5.41) is 2.89. The molecule has 0 aromatic carbocycles. The Morgan fingerprint density at radius 2 is 2.29 bits per heavy atom. The van der Waals surface area contributed by atoms with Crippen LogP contribution in [0.3, 0.4) is 0 Å². The quantitative estimate of drug-likeness (QED) is 0.604. The van der Waals surface area contributed by atoms with Gasteiger partial charge in [0, 0.05) is 25.6 Å². The summed E-state index contributed by atoms with van der Waals surface area (Å²) in [6.45, 7) is 2.31. The molecule has 0 spiro atoms. The standard InChI is InChI=1S/C10H21N3O/c1-13(9-4-5-9)8-7-12-10(14)3-2-6-11/h9H,2-8,11H2,1H3,(H,12,14). The maximum Gasteiger partial charge on any atom is 0.220 e. The van der Waals surface area contributed by atoms with Gasteiger partial charge in [0.25, 0.3) is 0 Å². The summed E-state index contributed by atoms with van der Waals surface area (Å²) in [5.41, 5.74) is 5.31. The Kier molecular flexibility index (Phi) is 4.90. The molecule has 1 amide bonds. The third-order valence-corrected chi connectivity index (χ3v) is 2.56. The number of hydrogen-bond acceptors (Lipinski definition) is 3. The van der Waals surface area contributed by atoms with Crippen LogP contribution in [0.2, 0.25) is 0 Å². The molecule has 0 unspecified atom stereocenters. The average Bonchev–Trinajstić information content (AvgIpc) is 2.97. The maximum atomic E-state index is 11.2. The van der Waals surface area contributed by atoms with Crippen molar-refractivity contribution in [3.63, 3.8) is 0 Å². The maximum absolute atomic E-state index is 11.2. The second kappa shape index (κ2) is 5.98. The smallest absolute Gasteiger partial charge is 0.220 e. The normalized spacial score (nSPS) is 15.9. The van der Waals surface area contributed by atoms with E-state index in [-0.39, 0.29) is 5.91 Å². The first kappa shape index (κ1) is 11.5. The van der Waals surface area contributed by atoms with Gasteiger partial charge in [-0.3, -0.25) is 4.79 Å². The fraction of sp³-hybridized carbons (Fsp3) is 0.900. The van der Waals surface area contributed by atoms with Crippen LogP contribution in [-0.2, 0) is 4.79 Å². The summed E-state index contributed by atoms with van der Waals surface area (Å²) in [6, 6.07) is 0.774. The number of nitrogens with two attached hydrogens (primary N) is 1. The number of hydrogen-bond donors (Lipinski definition) is 2. The highest BCUT2D eigenvalue weighted by Crippen LogP contribution is 2.24. The van der Waals surface area contributed by atoms with Gasteiger partial charge >= 0.3 is 0 Å². The molecule has 1 aliphatic rings. The molecule has 0 saturated heterocycles. The molecule has 0 radical (unpaired) electrons. The van der Waals surface area contributed by atoms with E-state index in [0.29, 0.717) is 13.0 Å². The number of amides is 1. The van der Waals surface area contributed by atoms with Gasteiger partial charge < -0.3 is 16.0 Å². The zero-order valence-corrected chi connectivity index (χ0v) is 8.96. The molecule has 1 rings (SSSR count). The van der Waals surface area contributed by atoms with Gasteiger partial charge in [-0.2, -0.15) is 0 Å². The van der Waals surface area contributed by atoms with Gasteiger partial charge in [-0.05, 0) is 32.9 Å². The number of rotatable bonds is 7. The molecule has 0 bridgehead atoms. The lowest BCUT2D eigenvalue weighted by Gasteiger charge is -2.15. The average molecular weight is 199 g/mol. The van der Waals surface area contributed by atoms with Crippen molar-refractivity contribution in [2.24, 2.45) is 5.73 Å². The van der Waals surface area contributed by atoms with Crippen molar-refractivity contribution in [1.82, 2.24) is 10.2 Å². The van der Waals surface area contributed by atoms with Crippen molar-refractivity contribution in [1.29, 1.82) is 0 Å². The van der Waals surface area contributed by atoms with Crippen molar-refractivity contribution in [2.45, 2.75) is 31.7 Å². The fourth-order valence-electron chi connectivity index (χ4n) is 1.42. The highest BCUT2D eigenvalue weighted by molar-refractivity contribution is 5.75. The Hall–Kier alpha value is -0.610. The molecule has 0 atom stereocenters. The lowest BCUT2D eigenvalue weighted by Crippen LogP contribution is -2.34. The van der Waals surface area contributed by atoms with Crippen LogP contribution in [0.1, 0.15) is 25.7 Å². The molecular weight excluding hydrogens is 178 g/mol. The van der Waals surface area contributed by atoms with E-state index in [2.05, 4.69) is 17.3 Å². The molecule has 0 aromatic rings. The van der Waals surface area contributed by atoms with Gasteiger partial charge in [-0.1, -0.05) is 0 Å². The van der Waals surface area contributed by atoms with E-state index in [1.807, 2.05) is 0 Å². The third kappa shape index (κ3) is 4.58. The summed E-state index contributed by atoms with van der Waals surface area (Å²) in [5.74, 6) is 0.125. The largest absolute Gasteiger partial charge is 0.355 e. The number of carbonyl (C=O) groups excluding carboxylic acids is 1. The van der Waals surface area contributed by atoms with Crippen molar-refractivity contribution in [2.75, 3.05) is 26.7 Å². The lowest BCUT2D eigenvalue weighted by molar-refractivity contribution is -0.121. The predicted molar refractivity (Wildman–Crippen MR) is 57.0 cm³/mol. The lowest BCUT2D eigenvalue weighted by atomic mass is 10.3. The van der Waals surface area contributed by atoms with Crippen LogP contribution in [0.15, 0.2) is 0 Å². The number of nitrogens with zero attached hydrogens (tertiary/aromatic N) is 1. The van der Waals surface area contributed by atoms with Crippen LogP contribution in [0, 0.1) is 0 Å². The summed E-state index contributed by atoms with van der Waals surface area (Å²) in [6.07, 6.45) is 3.98. The van der Waals surface area contributed by atoms with E-state index in [9.17, 15) is 4.79 Å². The molecule has 4 nitrogen and oxygen atoms in total. The third-order valence-electron chi connectivity index (χ3n) is 2.56. The molecule has 3 N–H and O–H groups in total. The van der Waals surface area contributed by atoms with E-state index < -0.39 is 0 Å². The van der Waals surface area contributed by atoms with Crippen LogP contribution in [0.5, 0.6) is 0 Å². The fourth-order valence-corrected chi connectivity index (χ4v) is 1.42. The van der Waals surface area contributed by atoms with Crippen molar-refractivity contribution < 1.29 is 4.79 Å². The van der Waals surface area contributed by atoms with Crippen LogP contribution in [-0.4, -0.2) is 43.5 Å². The van der Waals surface area contributed by atoms with Gasteiger partial charge in [-0.15, -0.1) is 0 Å². The molecule has 0 aliphatic heterocycles. The summed E-state index contributed by atoms with van der Waals surface area (Å²) in [4.78, 5) is 13.5. The highest BCUT2D eigenvalue weighted by atomic mass is 16.1. The van der Waals surface area contributed by atoms with Crippen molar-refractivity contribution >= 4 is 5.91 Å². The number of carbonyl (C=O) groups is 1. The van der Waals surface area contributed by atoms with Crippen molar-refractivity contribution in [3.8, 4) is 0 Å². The number of likely N-dealkylation sites (N-methyl/N-ethyl adjacent to an activating group) is 1. The zero-order valence-electron chi connectivity index (χ0n) is 8.96. The second-order valence-electron chi connectivity index (χ2n) is 3.95. The molecule has 1 aliphatic carbocycles. The van der Waals surface area contributed by atoms with Crippen LogP contribution >= 0.6 is 0 Å². The summed E-state index contributed by atoms with van der Waals surface area (Å²) < 4.78 is 0. The molecule has 0 heterocycles. The SMILES string of the molecule is CN(CCNC(=O)CCCN)C1CC1. The minimum Gasteiger partial charge on any atom is -0.355 e. The van der Waals surface area contributed by atoms with E-state index in [0.717, 1.165) is 25.6 Å². The molecular formula is C10H21N3O. The van der Waals surface area contributed by atoms with Gasteiger partial charge in [0.05, 0.1) is 0 Å². The molecule has 0 aromatic heterocycles. The Morgan fingerprint density at radius 1 is 1.57 bits per heavy atom. The predicted octanol–water partition coefficient (Wildman–Crippen LogP) is -0.0643. The molecule has 1 saturated carbocycles. The highest BCUT2D eigenvalue weighted by Gasteiger charge is 2.25. The Balaban J connectivity index is 1.94. The zero-order chi connectivity index (χ0) is 10.4. The topological polar surface area (TPSA) is 58.4 Å². The van der Waals surface area contributed by atoms with E-state index in [1.165, 1.54) is 12.8 Å². The van der Waals surface area contributed by atoms with E-state index in [1.54, 1.807) is 0 Å². The van der Waals surface area contributed by atoms with Gasteiger partial charge in [0.2, 0.25) is 5.91 Å². The Labute approximate surface area is 85.8 Å². The van der Waals surface area contributed by atoms with Gasteiger partial charge in [-0.25, -0.2) is 0 Å². The van der Waals surface area contributed by atoms with Gasteiger partial charge in [0.15, 0.2) is 0 Å². The first-order valence-electron chi connectivity index (χ1n) is 5.41. The Bertz CT molecular complexity index is 180. The first-order chi connectivity index (χ1) is 6.74. The van der Waals surface area contributed by atoms with Crippen LogP contribution < -0.4 is 11.1 Å². The number of nitrogens with one attached hydrogen (secondary N) is 1. The Morgan fingerprint density at radius 3 is 2.86 bits per heavy atom. The molecule has 82 valence electrons. The minimum atomic E-state index is 0.125. The van der Waals surface area contributed by atoms with Crippen LogP contribution in [0.4, 0.5) is 0 Å². The van der Waals surface area contributed by atoms with E-state index >= 15 is 0 Å².